The van der Waals surface area contributed by atoms with Crippen LogP contribution >= 0.6 is 0 Å². The van der Waals surface area contributed by atoms with Crippen molar-refractivity contribution >= 4 is 0 Å². The Morgan fingerprint density at radius 1 is 1.40 bits per heavy atom. The number of rotatable bonds is 5. The lowest BCUT2D eigenvalue weighted by molar-refractivity contribution is -0.0372. The minimum absolute atomic E-state index is 0.0998. The lowest BCUT2D eigenvalue weighted by Crippen LogP contribution is -2.49. The van der Waals surface area contributed by atoms with E-state index in [-0.39, 0.29) is 11.9 Å². The lowest BCUT2D eigenvalue weighted by atomic mass is 10.2. The molecule has 1 aromatic carbocycles. The third kappa shape index (κ3) is 4.23. The second-order valence-electron chi connectivity index (χ2n) is 5.45. The molecule has 2 rings (SSSR count). The average Bonchev–Trinajstić information content (AvgIpc) is 2.43. The Morgan fingerprint density at radius 2 is 2.20 bits per heavy atom. The summed E-state index contributed by atoms with van der Waals surface area (Å²) < 4.78 is 32.2. The SMILES string of the molecule is CC(C)N1CCOC(CNCc2cc(F)ccc2F)C1. The summed E-state index contributed by atoms with van der Waals surface area (Å²) in [5.74, 6) is -0.796. The number of nitrogens with one attached hydrogen (secondary N) is 1. The fourth-order valence-corrected chi connectivity index (χ4v) is 2.38. The van der Waals surface area contributed by atoms with E-state index in [0.717, 1.165) is 31.8 Å². The molecule has 3 nitrogen and oxygen atoms in total. The molecule has 0 amide bonds. The highest BCUT2D eigenvalue weighted by molar-refractivity contribution is 5.18. The van der Waals surface area contributed by atoms with Gasteiger partial charge in [-0.05, 0) is 32.0 Å². The van der Waals surface area contributed by atoms with Crippen LogP contribution in [-0.2, 0) is 11.3 Å². The van der Waals surface area contributed by atoms with Crippen LogP contribution in [0, 0.1) is 11.6 Å². The molecule has 0 aromatic heterocycles. The number of ether oxygens (including phenoxy) is 1. The molecule has 1 unspecified atom stereocenters. The van der Waals surface area contributed by atoms with E-state index in [1.165, 1.54) is 6.07 Å². The molecule has 0 aliphatic carbocycles. The van der Waals surface area contributed by atoms with Gasteiger partial charge in [-0.1, -0.05) is 0 Å². The van der Waals surface area contributed by atoms with Crippen molar-refractivity contribution in [3.05, 3.63) is 35.4 Å². The largest absolute Gasteiger partial charge is 0.374 e. The van der Waals surface area contributed by atoms with Crippen LogP contribution in [0.5, 0.6) is 0 Å². The fraction of sp³-hybridized carbons (Fsp3) is 0.600. The second-order valence-corrected chi connectivity index (χ2v) is 5.45. The van der Waals surface area contributed by atoms with E-state index < -0.39 is 5.82 Å². The minimum Gasteiger partial charge on any atom is -0.374 e. The van der Waals surface area contributed by atoms with E-state index in [4.69, 9.17) is 4.74 Å². The summed E-state index contributed by atoms with van der Waals surface area (Å²) in [5.41, 5.74) is 0.349. The molecule has 5 heteroatoms. The van der Waals surface area contributed by atoms with Crippen molar-refractivity contribution < 1.29 is 13.5 Å². The zero-order chi connectivity index (χ0) is 14.5. The number of benzene rings is 1. The Morgan fingerprint density at radius 3 is 2.95 bits per heavy atom. The van der Waals surface area contributed by atoms with Crippen molar-refractivity contribution in [3.63, 3.8) is 0 Å². The first-order chi connectivity index (χ1) is 9.56. The second kappa shape index (κ2) is 7.11. The molecule has 0 radical (unpaired) electrons. The van der Waals surface area contributed by atoms with Gasteiger partial charge in [-0.3, -0.25) is 4.90 Å². The number of nitrogens with zero attached hydrogens (tertiary/aromatic N) is 1. The molecule has 1 saturated heterocycles. The lowest BCUT2D eigenvalue weighted by Gasteiger charge is -2.35. The Labute approximate surface area is 118 Å². The van der Waals surface area contributed by atoms with Crippen molar-refractivity contribution in [1.82, 2.24) is 10.2 Å². The van der Waals surface area contributed by atoms with Crippen LogP contribution in [-0.4, -0.2) is 43.3 Å². The molecule has 1 N–H and O–H groups in total. The molecule has 0 bridgehead atoms. The zero-order valence-electron chi connectivity index (χ0n) is 12.0. The van der Waals surface area contributed by atoms with Crippen molar-refractivity contribution in [2.45, 2.75) is 32.5 Å². The first-order valence-corrected chi connectivity index (χ1v) is 7.06. The Bertz CT molecular complexity index is 440. The molecule has 1 aliphatic heterocycles. The van der Waals surface area contributed by atoms with Crippen LogP contribution in [0.1, 0.15) is 19.4 Å². The summed E-state index contributed by atoms with van der Waals surface area (Å²) >= 11 is 0. The first-order valence-electron chi connectivity index (χ1n) is 7.06. The summed E-state index contributed by atoms with van der Waals surface area (Å²) in [7, 11) is 0. The maximum atomic E-state index is 13.5. The smallest absolute Gasteiger partial charge is 0.127 e. The average molecular weight is 284 g/mol. The van der Waals surface area contributed by atoms with E-state index in [2.05, 4.69) is 24.1 Å². The molecular weight excluding hydrogens is 262 g/mol. The summed E-state index contributed by atoms with van der Waals surface area (Å²) in [4.78, 5) is 2.36. The summed E-state index contributed by atoms with van der Waals surface area (Å²) in [5, 5.41) is 3.14. The Balaban J connectivity index is 1.79. The van der Waals surface area contributed by atoms with E-state index >= 15 is 0 Å². The third-order valence-corrected chi connectivity index (χ3v) is 3.60. The molecule has 20 heavy (non-hydrogen) atoms. The number of morpholine rings is 1. The van der Waals surface area contributed by atoms with Crippen molar-refractivity contribution in [2.24, 2.45) is 0 Å². The Kier molecular flexibility index (Phi) is 5.46. The van der Waals surface area contributed by atoms with Gasteiger partial charge in [0, 0.05) is 37.8 Å². The van der Waals surface area contributed by atoms with Gasteiger partial charge in [0.1, 0.15) is 11.6 Å². The number of halogens is 2. The molecular formula is C15H22F2N2O. The van der Waals surface area contributed by atoms with Crippen LogP contribution < -0.4 is 5.32 Å². The van der Waals surface area contributed by atoms with E-state index in [0.29, 0.717) is 24.7 Å². The van der Waals surface area contributed by atoms with Gasteiger partial charge >= 0.3 is 0 Å². The fourth-order valence-electron chi connectivity index (χ4n) is 2.38. The van der Waals surface area contributed by atoms with Crippen molar-refractivity contribution in [2.75, 3.05) is 26.2 Å². The third-order valence-electron chi connectivity index (χ3n) is 3.60. The van der Waals surface area contributed by atoms with Gasteiger partial charge in [-0.25, -0.2) is 8.78 Å². The van der Waals surface area contributed by atoms with Gasteiger partial charge < -0.3 is 10.1 Å². The zero-order valence-corrected chi connectivity index (χ0v) is 12.0. The van der Waals surface area contributed by atoms with Crippen LogP contribution in [0.2, 0.25) is 0 Å². The molecule has 1 aliphatic rings. The van der Waals surface area contributed by atoms with Crippen molar-refractivity contribution in [3.8, 4) is 0 Å². The summed E-state index contributed by atoms with van der Waals surface area (Å²) in [6.07, 6.45) is 0.0998. The number of hydrogen-bond acceptors (Lipinski definition) is 3. The number of hydrogen-bond donors (Lipinski definition) is 1. The molecule has 1 atom stereocenters. The first kappa shape index (κ1) is 15.4. The van der Waals surface area contributed by atoms with Gasteiger partial charge in [-0.2, -0.15) is 0 Å². The van der Waals surface area contributed by atoms with Crippen LogP contribution in [0.3, 0.4) is 0 Å². The van der Waals surface area contributed by atoms with E-state index in [1.807, 2.05) is 0 Å². The van der Waals surface area contributed by atoms with Crippen LogP contribution in [0.25, 0.3) is 0 Å². The summed E-state index contributed by atoms with van der Waals surface area (Å²) in [6, 6.07) is 4.01. The minimum atomic E-state index is -0.414. The van der Waals surface area contributed by atoms with Gasteiger partial charge in [0.05, 0.1) is 12.7 Å². The van der Waals surface area contributed by atoms with Gasteiger partial charge in [0.15, 0.2) is 0 Å². The highest BCUT2D eigenvalue weighted by Gasteiger charge is 2.21. The molecule has 0 spiro atoms. The maximum Gasteiger partial charge on any atom is 0.127 e. The normalized spacial score (nSPS) is 20.6. The van der Waals surface area contributed by atoms with E-state index in [1.54, 1.807) is 0 Å². The van der Waals surface area contributed by atoms with Gasteiger partial charge in [-0.15, -0.1) is 0 Å². The summed E-state index contributed by atoms with van der Waals surface area (Å²) in [6.45, 7) is 7.82. The van der Waals surface area contributed by atoms with Crippen LogP contribution in [0.15, 0.2) is 18.2 Å². The molecule has 1 fully saturated rings. The van der Waals surface area contributed by atoms with Crippen LogP contribution in [0.4, 0.5) is 8.78 Å². The van der Waals surface area contributed by atoms with Gasteiger partial charge in [0.2, 0.25) is 0 Å². The predicted molar refractivity (Wildman–Crippen MR) is 74.5 cm³/mol. The quantitative estimate of drug-likeness (QED) is 0.897. The highest BCUT2D eigenvalue weighted by Crippen LogP contribution is 2.11. The maximum absolute atomic E-state index is 13.5. The molecule has 1 aromatic rings. The predicted octanol–water partition coefficient (Wildman–Crippen LogP) is 2.16. The molecule has 0 saturated carbocycles. The van der Waals surface area contributed by atoms with Gasteiger partial charge in [0.25, 0.3) is 0 Å². The molecule has 1 heterocycles. The topological polar surface area (TPSA) is 24.5 Å². The Hall–Kier alpha value is -1.04. The molecule has 112 valence electrons. The monoisotopic (exact) mass is 284 g/mol. The highest BCUT2D eigenvalue weighted by atomic mass is 19.1. The standard InChI is InChI=1S/C15H22F2N2O/c1-11(2)19-5-6-20-14(10-19)9-18-8-12-7-13(16)3-4-15(12)17/h3-4,7,11,14,18H,5-6,8-10H2,1-2H3. The van der Waals surface area contributed by atoms with Crippen molar-refractivity contribution in [1.29, 1.82) is 0 Å². The van der Waals surface area contributed by atoms with E-state index in [9.17, 15) is 8.78 Å².